The van der Waals surface area contributed by atoms with Gasteiger partial charge in [0, 0.05) is 11.3 Å². The number of hydrogen-bond donors (Lipinski definition) is 2. The topological polar surface area (TPSA) is 78.9 Å². The minimum Gasteiger partial charge on any atom is -0.479 e. The molecule has 1 fully saturated rings. The number of alkyl carbamates (subject to hydrolysis) is 1. The molecule has 1 atom stereocenters. The molecule has 1 aliphatic heterocycles. The van der Waals surface area contributed by atoms with Crippen LogP contribution in [0.25, 0.3) is 0 Å². The highest BCUT2D eigenvalue weighted by Crippen LogP contribution is 2.36. The van der Waals surface area contributed by atoms with Gasteiger partial charge in [0.25, 0.3) is 0 Å². The summed E-state index contributed by atoms with van der Waals surface area (Å²) in [6, 6.07) is 0. The molecular formula is C13H22N2O4S2. The molecule has 0 saturated carbocycles. The molecule has 1 saturated heterocycles. The zero-order valence-corrected chi connectivity index (χ0v) is 14.6. The van der Waals surface area contributed by atoms with Crippen LogP contribution in [-0.4, -0.2) is 55.9 Å². The van der Waals surface area contributed by atoms with Gasteiger partial charge in [-0.25, -0.2) is 9.59 Å². The average molecular weight is 334 g/mol. The van der Waals surface area contributed by atoms with Crippen molar-refractivity contribution >= 4 is 41.0 Å². The van der Waals surface area contributed by atoms with E-state index in [0.717, 1.165) is 0 Å². The number of nitrogens with one attached hydrogen (secondary N) is 1. The Balaban J connectivity index is 2.65. The van der Waals surface area contributed by atoms with Crippen molar-refractivity contribution < 1.29 is 19.4 Å². The van der Waals surface area contributed by atoms with Crippen LogP contribution < -0.4 is 5.32 Å². The highest BCUT2D eigenvalue weighted by Gasteiger charge is 2.44. The normalized spacial score (nSPS) is 21.0. The van der Waals surface area contributed by atoms with Gasteiger partial charge in [0.05, 0.1) is 11.5 Å². The third kappa shape index (κ3) is 5.03. The van der Waals surface area contributed by atoms with Gasteiger partial charge < -0.3 is 20.1 Å². The Bertz CT molecular complexity index is 446. The molecule has 120 valence electrons. The Labute approximate surface area is 134 Å². The summed E-state index contributed by atoms with van der Waals surface area (Å²) in [6.07, 6.45) is -0.568. The van der Waals surface area contributed by atoms with Gasteiger partial charge in [-0.05, 0) is 34.6 Å². The van der Waals surface area contributed by atoms with Crippen molar-refractivity contribution in [2.75, 3.05) is 12.3 Å². The number of ether oxygens (including phenoxy) is 1. The summed E-state index contributed by atoms with van der Waals surface area (Å²) in [7, 11) is 0. The average Bonchev–Trinajstić information content (AvgIpc) is 2.59. The van der Waals surface area contributed by atoms with Crippen LogP contribution in [0.2, 0.25) is 0 Å². The van der Waals surface area contributed by atoms with E-state index in [1.54, 1.807) is 25.7 Å². The molecule has 0 aromatic rings. The SMILES string of the molecule is CC(C)(C)OC(=O)NCC(=S)N1[C@@H](C(=O)O)SCC1(C)C. The summed E-state index contributed by atoms with van der Waals surface area (Å²) >= 11 is 6.63. The van der Waals surface area contributed by atoms with Gasteiger partial charge in [0.1, 0.15) is 5.60 Å². The van der Waals surface area contributed by atoms with E-state index in [1.807, 2.05) is 13.8 Å². The van der Waals surface area contributed by atoms with Crippen LogP contribution in [0.15, 0.2) is 0 Å². The third-order valence-corrected chi connectivity index (χ3v) is 4.69. The predicted molar refractivity (Wildman–Crippen MR) is 86.6 cm³/mol. The Kier molecular flexibility index (Phi) is 5.49. The first-order chi connectivity index (χ1) is 9.44. The lowest BCUT2D eigenvalue weighted by Crippen LogP contribution is -2.52. The van der Waals surface area contributed by atoms with Gasteiger partial charge in [-0.15, -0.1) is 11.8 Å². The minimum absolute atomic E-state index is 0.0814. The van der Waals surface area contributed by atoms with Gasteiger partial charge >= 0.3 is 12.1 Å². The molecule has 1 heterocycles. The van der Waals surface area contributed by atoms with Gasteiger partial charge in [-0.1, -0.05) is 12.2 Å². The number of carboxylic acid groups (broad SMARTS) is 1. The van der Waals surface area contributed by atoms with Crippen LogP contribution in [-0.2, 0) is 9.53 Å². The lowest BCUT2D eigenvalue weighted by Gasteiger charge is -2.35. The van der Waals surface area contributed by atoms with Crippen molar-refractivity contribution in [1.82, 2.24) is 10.2 Å². The summed E-state index contributed by atoms with van der Waals surface area (Å²) < 4.78 is 5.13. The molecule has 21 heavy (non-hydrogen) atoms. The Morgan fingerprint density at radius 2 is 2.05 bits per heavy atom. The second-order valence-corrected chi connectivity index (χ2v) is 7.97. The number of carbonyl (C=O) groups is 2. The van der Waals surface area contributed by atoms with Gasteiger partial charge in [-0.3, -0.25) is 0 Å². The lowest BCUT2D eigenvalue weighted by molar-refractivity contribution is -0.139. The third-order valence-electron chi connectivity index (χ3n) is 2.74. The molecule has 1 aliphatic rings. The van der Waals surface area contributed by atoms with Crippen molar-refractivity contribution in [2.24, 2.45) is 0 Å². The Hall–Kier alpha value is -1.02. The standard InChI is InChI=1S/C13H22N2O4S2/c1-12(2,3)19-11(18)14-6-8(20)15-9(10(16)17)21-7-13(15,4)5/h9H,6-7H2,1-5H3,(H,14,18)(H,16,17)/t9-/m1/s1. The van der Waals surface area contributed by atoms with E-state index in [1.165, 1.54) is 11.8 Å². The fraction of sp³-hybridized carbons (Fsp3) is 0.769. The number of aliphatic carboxylic acids is 1. The monoisotopic (exact) mass is 334 g/mol. The summed E-state index contributed by atoms with van der Waals surface area (Å²) in [5.74, 6) is -0.263. The fourth-order valence-electron chi connectivity index (χ4n) is 1.94. The molecule has 1 rings (SSSR count). The zero-order valence-electron chi connectivity index (χ0n) is 12.9. The molecule has 0 bridgehead atoms. The number of carbonyl (C=O) groups excluding carboxylic acids is 1. The van der Waals surface area contributed by atoms with E-state index in [9.17, 15) is 14.7 Å². The van der Waals surface area contributed by atoms with Gasteiger partial charge in [0.2, 0.25) is 0 Å². The molecule has 0 unspecified atom stereocenters. The van der Waals surface area contributed by atoms with Gasteiger partial charge in [-0.2, -0.15) is 0 Å². The van der Waals surface area contributed by atoms with Crippen molar-refractivity contribution in [1.29, 1.82) is 0 Å². The molecule has 0 aliphatic carbocycles. The first-order valence-electron chi connectivity index (χ1n) is 6.57. The lowest BCUT2D eigenvalue weighted by atomic mass is 10.1. The molecule has 2 N–H and O–H groups in total. The first kappa shape index (κ1) is 18.0. The van der Waals surface area contributed by atoms with Crippen LogP contribution in [0, 0.1) is 0 Å². The molecule has 0 spiro atoms. The van der Waals surface area contributed by atoms with E-state index >= 15 is 0 Å². The predicted octanol–water partition coefficient (Wildman–Crippen LogP) is 2.08. The molecule has 0 radical (unpaired) electrons. The number of rotatable bonds is 3. The quantitative estimate of drug-likeness (QED) is 0.765. The number of hydrogen-bond acceptors (Lipinski definition) is 5. The van der Waals surface area contributed by atoms with Crippen molar-refractivity contribution in [3.63, 3.8) is 0 Å². The van der Waals surface area contributed by atoms with E-state index in [-0.39, 0.29) is 12.1 Å². The van der Waals surface area contributed by atoms with Crippen molar-refractivity contribution in [2.45, 2.75) is 51.1 Å². The second kappa shape index (κ2) is 6.39. The van der Waals surface area contributed by atoms with Crippen molar-refractivity contribution in [3.05, 3.63) is 0 Å². The summed E-state index contributed by atoms with van der Waals surface area (Å²) in [5, 5.41) is 11.1. The largest absolute Gasteiger partial charge is 0.479 e. The van der Waals surface area contributed by atoms with Crippen LogP contribution >= 0.6 is 24.0 Å². The van der Waals surface area contributed by atoms with Crippen molar-refractivity contribution in [3.8, 4) is 0 Å². The number of carboxylic acids is 1. The summed E-state index contributed by atoms with van der Waals surface area (Å²) in [5.41, 5.74) is -0.946. The molecule has 1 amide bonds. The number of thioether (sulfide) groups is 1. The Morgan fingerprint density at radius 3 is 2.52 bits per heavy atom. The number of nitrogens with zero attached hydrogens (tertiary/aromatic N) is 1. The number of thiocarbonyl (C=S) groups is 1. The van der Waals surface area contributed by atoms with E-state index in [0.29, 0.717) is 10.7 Å². The zero-order chi connectivity index (χ0) is 16.4. The van der Waals surface area contributed by atoms with Gasteiger partial charge in [0.15, 0.2) is 5.37 Å². The summed E-state index contributed by atoms with van der Waals surface area (Å²) in [4.78, 5) is 25.0. The first-order valence-corrected chi connectivity index (χ1v) is 8.03. The van der Waals surface area contributed by atoms with Crippen LogP contribution in [0.4, 0.5) is 4.79 Å². The maximum absolute atomic E-state index is 11.6. The second-order valence-electron chi connectivity index (χ2n) is 6.43. The van der Waals surface area contributed by atoms with Crippen LogP contribution in [0.1, 0.15) is 34.6 Å². The highest BCUT2D eigenvalue weighted by atomic mass is 32.2. The van der Waals surface area contributed by atoms with E-state index in [4.69, 9.17) is 17.0 Å². The maximum Gasteiger partial charge on any atom is 0.408 e. The molecule has 0 aromatic carbocycles. The fourth-order valence-corrected chi connectivity index (χ4v) is 3.84. The smallest absolute Gasteiger partial charge is 0.408 e. The van der Waals surface area contributed by atoms with E-state index < -0.39 is 23.0 Å². The molecular weight excluding hydrogens is 312 g/mol. The highest BCUT2D eigenvalue weighted by molar-refractivity contribution is 8.01. The summed E-state index contributed by atoms with van der Waals surface area (Å²) in [6.45, 7) is 9.26. The Morgan fingerprint density at radius 1 is 1.48 bits per heavy atom. The van der Waals surface area contributed by atoms with Crippen LogP contribution in [0.3, 0.4) is 0 Å². The maximum atomic E-state index is 11.6. The van der Waals surface area contributed by atoms with E-state index in [2.05, 4.69) is 5.32 Å². The molecule has 8 heteroatoms. The molecule has 0 aromatic heterocycles. The minimum atomic E-state index is -0.926. The van der Waals surface area contributed by atoms with Crippen LogP contribution in [0.5, 0.6) is 0 Å². The number of amides is 1. The molecule has 6 nitrogen and oxygen atoms in total.